The lowest BCUT2D eigenvalue weighted by atomic mass is 10.1. The lowest BCUT2D eigenvalue weighted by Crippen LogP contribution is -2.45. The summed E-state index contributed by atoms with van der Waals surface area (Å²) in [6.45, 7) is 5.52. The Balaban J connectivity index is 1.86. The number of rotatable bonds is 5. The van der Waals surface area contributed by atoms with Crippen LogP contribution in [0.1, 0.15) is 46.3 Å². The lowest BCUT2D eigenvalue weighted by molar-refractivity contribution is 0.0697. The Hall–Kier alpha value is -3.68. The molecule has 0 amide bonds. The second-order valence-corrected chi connectivity index (χ2v) is 8.22. The largest absolute Gasteiger partial charge is 0.478 e. The summed E-state index contributed by atoms with van der Waals surface area (Å²) in [6, 6.07) is 11.9. The minimum atomic E-state index is -1.04. The standard InChI is InChI=1S/C24H26N4O4/c1-16-6-7-18(14-17(16)2)15-27-23(31)25-22(26-12-4-3-5-13-26)28(24(27)32)20-10-8-19(9-11-20)21(29)30/h6-11,14H,3-5,12-13,15H2,1-2H3,(H,29,30). The summed E-state index contributed by atoms with van der Waals surface area (Å²) in [6.07, 6.45) is 3.01. The van der Waals surface area contributed by atoms with Crippen molar-refractivity contribution in [3.63, 3.8) is 0 Å². The van der Waals surface area contributed by atoms with Crippen molar-refractivity contribution in [1.29, 1.82) is 0 Å². The minimum absolute atomic E-state index is 0.110. The van der Waals surface area contributed by atoms with Crippen molar-refractivity contribution in [3.8, 4) is 5.69 Å². The molecule has 1 N–H and O–H groups in total. The number of piperidine rings is 1. The van der Waals surface area contributed by atoms with Crippen LogP contribution in [0.5, 0.6) is 0 Å². The molecule has 0 saturated carbocycles. The lowest BCUT2D eigenvalue weighted by Gasteiger charge is -2.29. The predicted molar refractivity (Wildman–Crippen MR) is 122 cm³/mol. The first-order valence-electron chi connectivity index (χ1n) is 10.7. The number of carbonyl (C=O) groups is 1. The van der Waals surface area contributed by atoms with Gasteiger partial charge >= 0.3 is 17.3 Å². The van der Waals surface area contributed by atoms with Crippen molar-refractivity contribution < 1.29 is 9.90 Å². The Morgan fingerprint density at radius 3 is 2.28 bits per heavy atom. The van der Waals surface area contributed by atoms with Gasteiger partial charge in [0.15, 0.2) is 0 Å². The molecule has 2 aromatic carbocycles. The highest BCUT2D eigenvalue weighted by Gasteiger charge is 2.22. The van der Waals surface area contributed by atoms with Crippen LogP contribution in [0.4, 0.5) is 5.95 Å². The molecule has 0 atom stereocenters. The van der Waals surface area contributed by atoms with Gasteiger partial charge in [-0.15, -0.1) is 0 Å². The summed E-state index contributed by atoms with van der Waals surface area (Å²) in [5.74, 6) is -0.739. The van der Waals surface area contributed by atoms with Gasteiger partial charge in [-0.1, -0.05) is 18.2 Å². The van der Waals surface area contributed by atoms with Crippen LogP contribution < -0.4 is 16.3 Å². The van der Waals surface area contributed by atoms with Crippen LogP contribution in [0.15, 0.2) is 52.1 Å². The molecular weight excluding hydrogens is 408 g/mol. The molecule has 0 aliphatic carbocycles. The van der Waals surface area contributed by atoms with Crippen LogP contribution >= 0.6 is 0 Å². The van der Waals surface area contributed by atoms with E-state index in [9.17, 15) is 19.5 Å². The molecule has 2 heterocycles. The van der Waals surface area contributed by atoms with Crippen LogP contribution in [0.3, 0.4) is 0 Å². The number of aryl methyl sites for hydroxylation is 2. The van der Waals surface area contributed by atoms with E-state index in [0.29, 0.717) is 24.7 Å². The fourth-order valence-electron chi connectivity index (χ4n) is 3.99. The van der Waals surface area contributed by atoms with E-state index in [2.05, 4.69) is 4.98 Å². The highest BCUT2D eigenvalue weighted by molar-refractivity contribution is 5.87. The summed E-state index contributed by atoms with van der Waals surface area (Å²) in [5, 5.41) is 9.21. The Morgan fingerprint density at radius 2 is 1.66 bits per heavy atom. The summed E-state index contributed by atoms with van der Waals surface area (Å²) >= 11 is 0. The molecule has 4 rings (SSSR count). The maximum Gasteiger partial charge on any atom is 0.355 e. The smallest absolute Gasteiger partial charge is 0.355 e. The fraction of sp³-hybridized carbons (Fsp3) is 0.333. The van der Waals surface area contributed by atoms with Gasteiger partial charge in [-0.25, -0.2) is 23.5 Å². The predicted octanol–water partition coefficient (Wildman–Crippen LogP) is 2.75. The number of carboxylic acids is 1. The van der Waals surface area contributed by atoms with Gasteiger partial charge in [0, 0.05) is 13.1 Å². The minimum Gasteiger partial charge on any atom is -0.478 e. The van der Waals surface area contributed by atoms with Gasteiger partial charge in [0.2, 0.25) is 5.95 Å². The number of aromatic carboxylic acids is 1. The maximum absolute atomic E-state index is 13.6. The van der Waals surface area contributed by atoms with Gasteiger partial charge in [-0.2, -0.15) is 4.98 Å². The van der Waals surface area contributed by atoms with Crippen molar-refractivity contribution in [1.82, 2.24) is 14.1 Å². The second-order valence-electron chi connectivity index (χ2n) is 8.22. The SMILES string of the molecule is Cc1ccc(Cn2c(=O)nc(N3CCCCC3)n(-c3ccc(C(=O)O)cc3)c2=O)cc1C. The van der Waals surface area contributed by atoms with E-state index in [0.717, 1.165) is 40.5 Å². The molecule has 0 spiro atoms. The van der Waals surface area contributed by atoms with Crippen LogP contribution in [-0.4, -0.2) is 38.3 Å². The van der Waals surface area contributed by atoms with E-state index >= 15 is 0 Å². The van der Waals surface area contributed by atoms with Crippen LogP contribution in [0, 0.1) is 13.8 Å². The van der Waals surface area contributed by atoms with Crippen molar-refractivity contribution in [2.24, 2.45) is 0 Å². The van der Waals surface area contributed by atoms with Gasteiger partial charge in [0.05, 0.1) is 17.8 Å². The van der Waals surface area contributed by atoms with Crippen LogP contribution in [0.25, 0.3) is 5.69 Å². The third-order valence-corrected chi connectivity index (χ3v) is 5.97. The molecule has 0 bridgehead atoms. The van der Waals surface area contributed by atoms with Gasteiger partial charge in [-0.3, -0.25) is 0 Å². The molecule has 8 nitrogen and oxygen atoms in total. The number of carboxylic acid groups (broad SMARTS) is 1. The maximum atomic E-state index is 13.6. The molecule has 1 saturated heterocycles. The first-order valence-corrected chi connectivity index (χ1v) is 10.7. The summed E-state index contributed by atoms with van der Waals surface area (Å²) in [7, 11) is 0. The van der Waals surface area contributed by atoms with Gasteiger partial charge in [-0.05, 0) is 74.1 Å². The van der Waals surface area contributed by atoms with Crippen LogP contribution in [-0.2, 0) is 6.54 Å². The zero-order valence-corrected chi connectivity index (χ0v) is 18.2. The van der Waals surface area contributed by atoms with Crippen molar-refractivity contribution in [2.45, 2.75) is 39.7 Å². The summed E-state index contributed by atoms with van der Waals surface area (Å²) in [4.78, 5) is 44.0. The van der Waals surface area contributed by atoms with Crippen molar-refractivity contribution in [2.75, 3.05) is 18.0 Å². The zero-order chi connectivity index (χ0) is 22.8. The van der Waals surface area contributed by atoms with E-state index in [1.54, 1.807) is 12.1 Å². The molecule has 1 aromatic heterocycles. The van der Waals surface area contributed by atoms with E-state index < -0.39 is 17.3 Å². The molecule has 166 valence electrons. The number of benzene rings is 2. The molecule has 3 aromatic rings. The van der Waals surface area contributed by atoms with E-state index in [1.807, 2.05) is 36.9 Å². The molecule has 0 unspecified atom stereocenters. The molecule has 8 heteroatoms. The Kier molecular flexibility index (Phi) is 5.94. The molecule has 1 aliphatic heterocycles. The third-order valence-electron chi connectivity index (χ3n) is 5.97. The highest BCUT2D eigenvalue weighted by Crippen LogP contribution is 2.19. The molecule has 0 radical (unpaired) electrons. The van der Waals surface area contributed by atoms with Crippen molar-refractivity contribution in [3.05, 3.63) is 85.7 Å². The summed E-state index contributed by atoms with van der Waals surface area (Å²) < 4.78 is 2.54. The Morgan fingerprint density at radius 1 is 0.969 bits per heavy atom. The first kappa shape index (κ1) is 21.5. The molecular formula is C24H26N4O4. The third kappa shape index (κ3) is 4.21. The van der Waals surface area contributed by atoms with E-state index in [4.69, 9.17) is 0 Å². The average Bonchev–Trinajstić information content (AvgIpc) is 2.79. The molecule has 32 heavy (non-hydrogen) atoms. The number of anilines is 1. The monoisotopic (exact) mass is 434 g/mol. The topological polar surface area (TPSA) is 97.4 Å². The quantitative estimate of drug-likeness (QED) is 0.663. The molecule has 1 fully saturated rings. The van der Waals surface area contributed by atoms with Gasteiger partial charge < -0.3 is 10.0 Å². The normalized spacial score (nSPS) is 13.9. The average molecular weight is 434 g/mol. The highest BCUT2D eigenvalue weighted by atomic mass is 16.4. The summed E-state index contributed by atoms with van der Waals surface area (Å²) in [5.41, 5.74) is 2.57. The van der Waals surface area contributed by atoms with E-state index in [1.165, 1.54) is 16.7 Å². The number of aromatic nitrogens is 3. The Bertz CT molecular complexity index is 1270. The van der Waals surface area contributed by atoms with E-state index in [-0.39, 0.29) is 12.1 Å². The number of nitrogens with zero attached hydrogens (tertiary/aromatic N) is 4. The first-order chi connectivity index (χ1) is 15.3. The molecule has 1 aliphatic rings. The second kappa shape index (κ2) is 8.82. The zero-order valence-electron chi connectivity index (χ0n) is 18.2. The number of hydrogen-bond acceptors (Lipinski definition) is 5. The van der Waals surface area contributed by atoms with Gasteiger partial charge in [0.25, 0.3) is 0 Å². The van der Waals surface area contributed by atoms with Crippen molar-refractivity contribution >= 4 is 11.9 Å². The fourth-order valence-corrected chi connectivity index (χ4v) is 3.99. The van der Waals surface area contributed by atoms with Gasteiger partial charge in [0.1, 0.15) is 0 Å². The van der Waals surface area contributed by atoms with Crippen LogP contribution in [0.2, 0.25) is 0 Å². The Labute approximate surface area is 185 Å². The number of hydrogen-bond donors (Lipinski definition) is 1.